The topological polar surface area (TPSA) is 55.3 Å². The van der Waals surface area contributed by atoms with Gasteiger partial charge in [-0.05, 0) is 0 Å². The second kappa shape index (κ2) is 4.67. The van der Waals surface area contributed by atoms with E-state index in [2.05, 4.69) is 14.9 Å². The lowest BCUT2D eigenvalue weighted by molar-refractivity contribution is 0.122. The van der Waals surface area contributed by atoms with Crippen molar-refractivity contribution < 1.29 is 8.95 Å². The zero-order chi connectivity index (χ0) is 10.7. The molecule has 0 N–H and O–H groups in total. The quantitative estimate of drug-likeness (QED) is 0.714. The Morgan fingerprint density at radius 3 is 2.87 bits per heavy atom. The van der Waals surface area contributed by atoms with E-state index >= 15 is 0 Å². The van der Waals surface area contributed by atoms with Gasteiger partial charge in [0.05, 0.1) is 28.9 Å². The van der Waals surface area contributed by atoms with Gasteiger partial charge in [0.15, 0.2) is 0 Å². The van der Waals surface area contributed by atoms with Crippen molar-refractivity contribution in [1.29, 1.82) is 0 Å². The molecule has 2 heterocycles. The number of aromatic nitrogens is 2. The van der Waals surface area contributed by atoms with E-state index < -0.39 is 10.8 Å². The van der Waals surface area contributed by atoms with Gasteiger partial charge < -0.3 is 9.64 Å². The summed E-state index contributed by atoms with van der Waals surface area (Å²) in [5.74, 6) is 0.772. The van der Waals surface area contributed by atoms with Gasteiger partial charge in [-0.2, -0.15) is 0 Å². The molecule has 0 spiro atoms. The predicted octanol–water partition coefficient (Wildman–Crippen LogP) is 0.0506. The average molecular weight is 227 g/mol. The van der Waals surface area contributed by atoms with Crippen molar-refractivity contribution in [2.75, 3.05) is 37.5 Å². The summed E-state index contributed by atoms with van der Waals surface area (Å²) in [6.07, 6.45) is 4.75. The zero-order valence-electron chi connectivity index (χ0n) is 8.55. The Bertz CT molecular complexity index is 366. The van der Waals surface area contributed by atoms with Crippen LogP contribution < -0.4 is 4.90 Å². The van der Waals surface area contributed by atoms with Crippen molar-refractivity contribution in [1.82, 2.24) is 9.97 Å². The summed E-state index contributed by atoms with van der Waals surface area (Å²) >= 11 is 0. The van der Waals surface area contributed by atoms with E-state index in [0.717, 1.165) is 18.9 Å². The van der Waals surface area contributed by atoms with E-state index in [4.69, 9.17) is 4.74 Å². The molecular formula is C9H13N3O2S. The van der Waals surface area contributed by atoms with Gasteiger partial charge in [0.25, 0.3) is 0 Å². The minimum absolute atomic E-state index is 0.694. The van der Waals surface area contributed by atoms with Gasteiger partial charge in [-0.3, -0.25) is 4.21 Å². The van der Waals surface area contributed by atoms with Gasteiger partial charge >= 0.3 is 0 Å². The molecule has 0 aromatic carbocycles. The first-order valence-corrected chi connectivity index (χ1v) is 6.31. The first-order valence-electron chi connectivity index (χ1n) is 4.75. The minimum Gasteiger partial charge on any atom is -0.378 e. The smallest absolute Gasteiger partial charge is 0.148 e. The van der Waals surface area contributed by atoms with E-state index in [1.165, 1.54) is 6.33 Å². The molecule has 1 unspecified atom stereocenters. The fourth-order valence-corrected chi connectivity index (χ4v) is 2.17. The van der Waals surface area contributed by atoms with Crippen LogP contribution in [0.25, 0.3) is 0 Å². The SMILES string of the molecule is CS(=O)c1cncnc1N1CCOCC1. The summed E-state index contributed by atoms with van der Waals surface area (Å²) in [6.45, 7) is 2.97. The van der Waals surface area contributed by atoms with Crippen LogP contribution in [0.5, 0.6) is 0 Å². The summed E-state index contributed by atoms with van der Waals surface area (Å²) in [5, 5.41) is 0. The molecule has 1 saturated heterocycles. The molecule has 1 aromatic rings. The van der Waals surface area contributed by atoms with Crippen molar-refractivity contribution in [3.05, 3.63) is 12.5 Å². The van der Waals surface area contributed by atoms with Crippen molar-refractivity contribution in [2.45, 2.75) is 4.90 Å². The fraction of sp³-hybridized carbons (Fsp3) is 0.556. The van der Waals surface area contributed by atoms with Crippen molar-refractivity contribution in [3.63, 3.8) is 0 Å². The van der Waals surface area contributed by atoms with Gasteiger partial charge in [0, 0.05) is 25.5 Å². The molecule has 6 heteroatoms. The number of hydrogen-bond acceptors (Lipinski definition) is 5. The largest absolute Gasteiger partial charge is 0.378 e. The van der Waals surface area contributed by atoms with E-state index in [-0.39, 0.29) is 0 Å². The molecule has 0 saturated carbocycles. The number of hydrogen-bond donors (Lipinski definition) is 0. The van der Waals surface area contributed by atoms with Crippen LogP contribution in [0.4, 0.5) is 5.82 Å². The van der Waals surface area contributed by atoms with E-state index in [1.54, 1.807) is 12.5 Å². The van der Waals surface area contributed by atoms with Gasteiger partial charge in [-0.25, -0.2) is 9.97 Å². The molecule has 82 valence electrons. The highest BCUT2D eigenvalue weighted by atomic mass is 32.2. The van der Waals surface area contributed by atoms with Crippen LogP contribution in [0, 0.1) is 0 Å². The molecule has 0 aliphatic carbocycles. The third-order valence-electron chi connectivity index (χ3n) is 2.28. The lowest BCUT2D eigenvalue weighted by Crippen LogP contribution is -2.37. The molecule has 0 radical (unpaired) electrons. The molecule has 0 amide bonds. The van der Waals surface area contributed by atoms with Crippen LogP contribution in [0.3, 0.4) is 0 Å². The molecule has 15 heavy (non-hydrogen) atoms. The highest BCUT2D eigenvalue weighted by Gasteiger charge is 2.17. The van der Waals surface area contributed by atoms with E-state index in [9.17, 15) is 4.21 Å². The standard InChI is InChI=1S/C9H13N3O2S/c1-15(13)8-6-10-7-11-9(8)12-2-4-14-5-3-12/h6-7H,2-5H2,1H3. The Morgan fingerprint density at radius 1 is 1.47 bits per heavy atom. The van der Waals surface area contributed by atoms with Gasteiger partial charge in [-0.15, -0.1) is 0 Å². The average Bonchev–Trinajstić information content (AvgIpc) is 2.30. The predicted molar refractivity (Wildman–Crippen MR) is 57.4 cm³/mol. The second-order valence-corrected chi connectivity index (χ2v) is 4.61. The molecule has 1 fully saturated rings. The molecule has 1 atom stereocenters. The van der Waals surface area contributed by atoms with Crippen LogP contribution in [0.15, 0.2) is 17.4 Å². The lowest BCUT2D eigenvalue weighted by Gasteiger charge is -2.28. The van der Waals surface area contributed by atoms with E-state index in [1.807, 2.05) is 0 Å². The normalized spacial score (nSPS) is 18.9. The summed E-state index contributed by atoms with van der Waals surface area (Å²) in [7, 11) is -1.05. The molecule has 5 nitrogen and oxygen atoms in total. The van der Waals surface area contributed by atoms with Crippen molar-refractivity contribution in [3.8, 4) is 0 Å². The number of nitrogens with zero attached hydrogens (tertiary/aromatic N) is 3. The number of ether oxygens (including phenoxy) is 1. The number of rotatable bonds is 2. The van der Waals surface area contributed by atoms with Gasteiger partial charge in [0.2, 0.25) is 0 Å². The van der Waals surface area contributed by atoms with Crippen LogP contribution in [-0.2, 0) is 15.5 Å². The lowest BCUT2D eigenvalue weighted by atomic mass is 10.4. The monoisotopic (exact) mass is 227 g/mol. The number of anilines is 1. The molecule has 0 bridgehead atoms. The Labute approximate surface area is 90.9 Å². The van der Waals surface area contributed by atoms with Gasteiger partial charge in [0.1, 0.15) is 12.1 Å². The fourth-order valence-electron chi connectivity index (χ4n) is 1.53. The van der Waals surface area contributed by atoms with E-state index in [0.29, 0.717) is 18.1 Å². The molecule has 1 aliphatic heterocycles. The number of morpholine rings is 1. The van der Waals surface area contributed by atoms with Crippen molar-refractivity contribution in [2.24, 2.45) is 0 Å². The zero-order valence-corrected chi connectivity index (χ0v) is 9.37. The van der Waals surface area contributed by atoms with Crippen LogP contribution in [-0.4, -0.2) is 46.7 Å². The van der Waals surface area contributed by atoms with Crippen LogP contribution in [0.2, 0.25) is 0 Å². The Balaban J connectivity index is 2.29. The minimum atomic E-state index is -1.05. The Morgan fingerprint density at radius 2 is 2.20 bits per heavy atom. The van der Waals surface area contributed by atoms with Crippen molar-refractivity contribution >= 4 is 16.6 Å². The summed E-state index contributed by atoms with van der Waals surface area (Å²) in [5.41, 5.74) is 0. The molecule has 2 rings (SSSR count). The summed E-state index contributed by atoms with van der Waals surface area (Å²) in [4.78, 5) is 10.9. The highest BCUT2D eigenvalue weighted by Crippen LogP contribution is 2.19. The first kappa shape index (κ1) is 10.5. The maximum atomic E-state index is 11.5. The third-order valence-corrected chi connectivity index (χ3v) is 3.19. The highest BCUT2D eigenvalue weighted by molar-refractivity contribution is 7.84. The maximum absolute atomic E-state index is 11.5. The van der Waals surface area contributed by atoms with Gasteiger partial charge in [-0.1, -0.05) is 0 Å². The van der Waals surface area contributed by atoms with Crippen LogP contribution in [0.1, 0.15) is 0 Å². The second-order valence-electron chi connectivity index (χ2n) is 3.26. The Kier molecular flexibility index (Phi) is 3.27. The van der Waals surface area contributed by atoms with Crippen LogP contribution >= 0.6 is 0 Å². The third kappa shape index (κ3) is 2.32. The maximum Gasteiger partial charge on any atom is 0.148 e. The summed E-state index contributed by atoms with van der Waals surface area (Å²) in [6, 6.07) is 0. The summed E-state index contributed by atoms with van der Waals surface area (Å²) < 4.78 is 16.7. The Hall–Kier alpha value is -1.01. The molecule has 1 aromatic heterocycles. The molecule has 1 aliphatic rings. The molecular weight excluding hydrogens is 214 g/mol. The first-order chi connectivity index (χ1) is 7.29.